The van der Waals surface area contributed by atoms with E-state index in [4.69, 9.17) is 0 Å². The minimum absolute atomic E-state index is 0.935. The van der Waals surface area contributed by atoms with Crippen LogP contribution in [0.25, 0.3) is 0 Å². The van der Waals surface area contributed by atoms with Gasteiger partial charge in [-0.2, -0.15) is 11.8 Å². The topological polar surface area (TPSA) is 12.0 Å². The molecule has 1 nitrogen and oxygen atoms in total. The predicted octanol–water partition coefficient (Wildman–Crippen LogP) is 2.27. The fourth-order valence-corrected chi connectivity index (χ4v) is 3.19. The van der Waals surface area contributed by atoms with Crippen molar-refractivity contribution in [3.8, 4) is 0 Å². The Hall–Kier alpha value is 0.310. The maximum Gasteiger partial charge on any atom is 0.0172 e. The zero-order valence-electron chi connectivity index (χ0n) is 7.72. The van der Waals surface area contributed by atoms with E-state index in [-0.39, 0.29) is 0 Å². The molecule has 1 N–H and O–H groups in total. The molecule has 0 spiro atoms. The van der Waals surface area contributed by atoms with Gasteiger partial charge in [0, 0.05) is 11.8 Å². The average Bonchev–Trinajstić information content (AvgIpc) is 2.46. The molecular formula is C10H19NS. The molecule has 1 atom stereocenters. The summed E-state index contributed by atoms with van der Waals surface area (Å²) in [4.78, 5) is 0. The van der Waals surface area contributed by atoms with E-state index in [0.29, 0.717) is 0 Å². The minimum atomic E-state index is 0.935. The van der Waals surface area contributed by atoms with Crippen LogP contribution in [0, 0.1) is 5.92 Å². The summed E-state index contributed by atoms with van der Waals surface area (Å²) in [5, 5.41) is 4.54. The fourth-order valence-electron chi connectivity index (χ4n) is 1.95. The van der Waals surface area contributed by atoms with Crippen molar-refractivity contribution in [2.45, 2.75) is 37.4 Å². The zero-order chi connectivity index (χ0) is 8.23. The second-order valence-corrected chi connectivity index (χ2v) is 5.50. The lowest BCUT2D eigenvalue weighted by atomic mass is 9.85. The Morgan fingerprint density at radius 2 is 2.00 bits per heavy atom. The first-order chi connectivity index (χ1) is 5.95. The van der Waals surface area contributed by atoms with Gasteiger partial charge in [0.15, 0.2) is 0 Å². The highest BCUT2D eigenvalue weighted by Gasteiger charge is 2.18. The van der Waals surface area contributed by atoms with Gasteiger partial charge in [-0.3, -0.25) is 0 Å². The molecule has 2 rings (SSSR count). The second-order valence-electron chi connectivity index (χ2n) is 4.09. The normalized spacial score (nSPS) is 30.5. The Kier molecular flexibility index (Phi) is 3.35. The van der Waals surface area contributed by atoms with Crippen LogP contribution in [-0.4, -0.2) is 24.1 Å². The van der Waals surface area contributed by atoms with E-state index in [2.05, 4.69) is 17.1 Å². The highest BCUT2D eigenvalue weighted by Crippen LogP contribution is 2.27. The summed E-state index contributed by atoms with van der Waals surface area (Å²) in [5.41, 5.74) is 0. The SMILES string of the molecule is C1CC(CNCC2CCCS2)C1. The smallest absolute Gasteiger partial charge is 0.0172 e. The maximum absolute atomic E-state index is 3.61. The molecular weight excluding hydrogens is 166 g/mol. The van der Waals surface area contributed by atoms with Crippen molar-refractivity contribution in [1.82, 2.24) is 5.32 Å². The van der Waals surface area contributed by atoms with Crippen molar-refractivity contribution in [3.05, 3.63) is 0 Å². The number of nitrogens with one attached hydrogen (secondary N) is 1. The third-order valence-corrected chi connectivity index (χ3v) is 4.45. The van der Waals surface area contributed by atoms with Crippen LogP contribution in [0.1, 0.15) is 32.1 Å². The monoisotopic (exact) mass is 185 g/mol. The van der Waals surface area contributed by atoms with E-state index in [1.807, 2.05) is 0 Å². The van der Waals surface area contributed by atoms with E-state index in [9.17, 15) is 0 Å². The minimum Gasteiger partial charge on any atom is -0.315 e. The second kappa shape index (κ2) is 4.52. The van der Waals surface area contributed by atoms with E-state index < -0.39 is 0 Å². The molecule has 2 aliphatic rings. The van der Waals surface area contributed by atoms with Gasteiger partial charge in [-0.15, -0.1) is 0 Å². The molecule has 0 aromatic heterocycles. The van der Waals surface area contributed by atoms with Crippen molar-refractivity contribution >= 4 is 11.8 Å². The molecule has 70 valence electrons. The van der Waals surface area contributed by atoms with Crippen molar-refractivity contribution in [3.63, 3.8) is 0 Å². The van der Waals surface area contributed by atoms with Crippen molar-refractivity contribution in [2.24, 2.45) is 5.92 Å². The summed E-state index contributed by atoms with van der Waals surface area (Å²) in [6.45, 7) is 2.55. The van der Waals surface area contributed by atoms with Crippen LogP contribution in [0.4, 0.5) is 0 Å². The van der Waals surface area contributed by atoms with Crippen LogP contribution in [0.5, 0.6) is 0 Å². The molecule has 12 heavy (non-hydrogen) atoms. The molecule has 2 fully saturated rings. The molecule has 1 saturated heterocycles. The summed E-state index contributed by atoms with van der Waals surface area (Å²) in [5.74, 6) is 2.42. The lowest BCUT2D eigenvalue weighted by molar-refractivity contribution is 0.302. The Bertz CT molecular complexity index is 128. The lowest BCUT2D eigenvalue weighted by Crippen LogP contribution is -2.31. The van der Waals surface area contributed by atoms with Crippen LogP contribution in [0.2, 0.25) is 0 Å². The fraction of sp³-hybridized carbons (Fsp3) is 1.00. The standard InChI is InChI=1S/C10H19NS/c1-3-9(4-1)7-11-8-10-5-2-6-12-10/h9-11H,1-8H2. The van der Waals surface area contributed by atoms with Gasteiger partial charge in [-0.05, 0) is 43.9 Å². The molecule has 0 amide bonds. The van der Waals surface area contributed by atoms with Crippen molar-refractivity contribution < 1.29 is 0 Å². The molecule has 1 aliphatic carbocycles. The Balaban J connectivity index is 1.49. The molecule has 0 bridgehead atoms. The van der Waals surface area contributed by atoms with E-state index >= 15 is 0 Å². The summed E-state index contributed by atoms with van der Waals surface area (Å²) < 4.78 is 0. The van der Waals surface area contributed by atoms with E-state index in [1.165, 1.54) is 50.9 Å². The summed E-state index contributed by atoms with van der Waals surface area (Å²) in [6.07, 6.45) is 7.32. The Morgan fingerprint density at radius 1 is 1.08 bits per heavy atom. The van der Waals surface area contributed by atoms with Gasteiger partial charge in [0.1, 0.15) is 0 Å². The maximum atomic E-state index is 3.61. The van der Waals surface area contributed by atoms with Gasteiger partial charge in [-0.1, -0.05) is 6.42 Å². The van der Waals surface area contributed by atoms with Gasteiger partial charge >= 0.3 is 0 Å². The molecule has 1 unspecified atom stereocenters. The number of hydrogen-bond donors (Lipinski definition) is 1. The molecule has 1 heterocycles. The molecule has 0 radical (unpaired) electrons. The first-order valence-corrected chi connectivity index (χ1v) is 6.32. The van der Waals surface area contributed by atoms with Gasteiger partial charge in [0.2, 0.25) is 0 Å². The van der Waals surface area contributed by atoms with Crippen molar-refractivity contribution in [1.29, 1.82) is 0 Å². The van der Waals surface area contributed by atoms with Crippen molar-refractivity contribution in [2.75, 3.05) is 18.8 Å². The van der Waals surface area contributed by atoms with E-state index in [0.717, 1.165) is 11.2 Å². The molecule has 1 saturated carbocycles. The number of hydrogen-bond acceptors (Lipinski definition) is 2. The Labute approximate surface area is 79.7 Å². The first-order valence-electron chi connectivity index (χ1n) is 5.27. The highest BCUT2D eigenvalue weighted by atomic mass is 32.2. The molecule has 0 aromatic carbocycles. The molecule has 0 aromatic rings. The van der Waals surface area contributed by atoms with Crippen LogP contribution in [0.3, 0.4) is 0 Å². The summed E-state index contributed by atoms with van der Waals surface area (Å²) in [7, 11) is 0. The van der Waals surface area contributed by atoms with Gasteiger partial charge in [0.25, 0.3) is 0 Å². The summed E-state index contributed by atoms with van der Waals surface area (Å²) >= 11 is 2.16. The number of rotatable bonds is 4. The van der Waals surface area contributed by atoms with Gasteiger partial charge in [-0.25, -0.2) is 0 Å². The highest BCUT2D eigenvalue weighted by molar-refractivity contribution is 8.00. The third kappa shape index (κ3) is 2.40. The summed E-state index contributed by atoms with van der Waals surface area (Å²) in [6, 6.07) is 0. The van der Waals surface area contributed by atoms with E-state index in [1.54, 1.807) is 0 Å². The van der Waals surface area contributed by atoms with Crippen LogP contribution >= 0.6 is 11.8 Å². The average molecular weight is 185 g/mol. The predicted molar refractivity (Wildman–Crippen MR) is 55.7 cm³/mol. The van der Waals surface area contributed by atoms with Gasteiger partial charge in [0.05, 0.1) is 0 Å². The Morgan fingerprint density at radius 3 is 2.58 bits per heavy atom. The molecule has 2 heteroatoms. The first kappa shape index (κ1) is 8.89. The van der Waals surface area contributed by atoms with Crippen LogP contribution in [0.15, 0.2) is 0 Å². The van der Waals surface area contributed by atoms with Crippen LogP contribution in [-0.2, 0) is 0 Å². The van der Waals surface area contributed by atoms with Crippen LogP contribution < -0.4 is 5.32 Å². The lowest BCUT2D eigenvalue weighted by Gasteiger charge is -2.26. The zero-order valence-corrected chi connectivity index (χ0v) is 8.54. The van der Waals surface area contributed by atoms with Gasteiger partial charge < -0.3 is 5.32 Å². The largest absolute Gasteiger partial charge is 0.315 e. The quantitative estimate of drug-likeness (QED) is 0.721. The number of thioether (sulfide) groups is 1. The molecule has 1 aliphatic heterocycles. The third-order valence-electron chi connectivity index (χ3n) is 3.05.